The fourth-order valence-corrected chi connectivity index (χ4v) is 14.9. The van der Waals surface area contributed by atoms with Crippen LogP contribution in [-0.4, -0.2) is 18.0 Å². The second kappa shape index (κ2) is 10.3. The molecule has 1 aliphatic heterocycles. The molecule has 0 saturated heterocycles. The molecule has 1 aromatic heterocycles. The van der Waals surface area contributed by atoms with Crippen molar-refractivity contribution < 1.29 is 4.74 Å². The zero-order chi connectivity index (χ0) is 34.3. The zero-order valence-electron chi connectivity index (χ0n) is 29.7. The molecule has 4 bridgehead atoms. The number of rotatable bonds is 2. The quantitative estimate of drug-likeness (QED) is 0.134. The van der Waals surface area contributed by atoms with E-state index < -0.39 is 8.07 Å². The van der Waals surface area contributed by atoms with Crippen LogP contribution in [0.3, 0.4) is 0 Å². The molecule has 0 amide bonds. The van der Waals surface area contributed by atoms with E-state index in [1.807, 2.05) is 0 Å². The van der Waals surface area contributed by atoms with Crippen LogP contribution in [0.25, 0.3) is 55.4 Å². The highest BCUT2D eigenvalue weighted by Crippen LogP contribution is 2.70. The third kappa shape index (κ3) is 3.76. The average Bonchev–Trinajstić information content (AvgIpc) is 3.48. The lowest BCUT2D eigenvalue weighted by molar-refractivity contribution is -0.0405. The summed E-state index contributed by atoms with van der Waals surface area (Å²) in [5.41, 5.74) is 10.2. The fourth-order valence-electron chi connectivity index (χ4n) is 12.1. The highest BCUT2D eigenvalue weighted by atomic mass is 28.3. The monoisotopic (exact) mass is 688 g/mol. The number of hydrogen-bond acceptors (Lipinski definition) is 3. The van der Waals surface area contributed by atoms with Crippen LogP contribution in [0.1, 0.15) is 43.2 Å². The highest BCUT2D eigenvalue weighted by molar-refractivity contribution is 7.01. The molecule has 6 aromatic carbocycles. The van der Waals surface area contributed by atoms with Gasteiger partial charge in [-0.05, 0) is 112 Å². The summed E-state index contributed by atoms with van der Waals surface area (Å²) in [4.78, 5) is 10.7. The first-order valence-corrected chi connectivity index (χ1v) is 22.3. The Hall–Kier alpha value is -5.06. The number of benzene rings is 6. The van der Waals surface area contributed by atoms with E-state index in [0.717, 1.165) is 56.5 Å². The number of hydrogen-bond donors (Lipinski definition) is 0. The lowest BCUT2D eigenvalue weighted by atomic mass is 9.43. The summed E-state index contributed by atoms with van der Waals surface area (Å²) in [5.74, 6) is 6.20. The van der Waals surface area contributed by atoms with Gasteiger partial charge in [0, 0.05) is 32.9 Å². The van der Waals surface area contributed by atoms with E-state index in [9.17, 15) is 0 Å². The van der Waals surface area contributed by atoms with Crippen LogP contribution < -0.4 is 15.1 Å². The van der Waals surface area contributed by atoms with Crippen LogP contribution in [-0.2, 0) is 5.41 Å². The summed E-state index contributed by atoms with van der Waals surface area (Å²) in [6.07, 6.45) is 6.95. The van der Waals surface area contributed by atoms with Crippen molar-refractivity contribution in [2.45, 2.75) is 50.6 Å². The maximum absolute atomic E-state index is 7.32. The first-order valence-electron chi connectivity index (χ1n) is 19.3. The molecule has 0 atom stereocenters. The van der Waals surface area contributed by atoms with E-state index in [1.54, 1.807) is 5.56 Å². The molecule has 52 heavy (non-hydrogen) atoms. The van der Waals surface area contributed by atoms with E-state index in [-0.39, 0.29) is 5.41 Å². The molecule has 0 radical (unpaired) electrons. The Balaban J connectivity index is 1.04. The topological polar surface area (TPSA) is 35.0 Å². The highest BCUT2D eigenvalue weighted by Gasteiger charge is 2.63. The van der Waals surface area contributed by atoms with Crippen LogP contribution in [0.5, 0.6) is 11.5 Å². The molecule has 2 heterocycles. The van der Waals surface area contributed by atoms with E-state index in [1.165, 1.54) is 70.3 Å². The molecule has 3 nitrogen and oxygen atoms in total. The van der Waals surface area contributed by atoms with Crippen LogP contribution in [0.2, 0.25) is 13.1 Å². The number of aromatic nitrogens is 2. The largest absolute Gasteiger partial charge is 0.457 e. The van der Waals surface area contributed by atoms with Crippen molar-refractivity contribution in [2.75, 3.05) is 0 Å². The van der Waals surface area contributed by atoms with Gasteiger partial charge in [0.05, 0.1) is 11.2 Å². The average molecular weight is 689 g/mol. The lowest BCUT2D eigenvalue weighted by Crippen LogP contribution is -2.58. The van der Waals surface area contributed by atoms with E-state index in [4.69, 9.17) is 14.7 Å². The first-order chi connectivity index (χ1) is 25.5. The standard InChI is InChI=1S/C48H40N2OSi/c1-52(2)41-21-19-37-36-14-8-9-15-39(36)48(33-23-28-22-29(25-33)26-34(48)24-28)43(37)46(41)51-40-20-17-32(27-42(40)52)47-49-44(31-11-4-3-5-12-31)38-18-16-30-10-6-7-13-35(30)45(38)50-47/h3-21,27-29,33-34H,22-26H2,1-2H3. The molecule has 6 aliphatic rings. The maximum atomic E-state index is 7.32. The fraction of sp³-hybridized carbons (Fsp3) is 0.250. The zero-order valence-corrected chi connectivity index (χ0v) is 30.7. The first kappa shape index (κ1) is 29.5. The molecule has 5 aliphatic carbocycles. The smallest absolute Gasteiger partial charge is 0.160 e. The van der Waals surface area contributed by atoms with Gasteiger partial charge < -0.3 is 4.74 Å². The molecular weight excluding hydrogens is 649 g/mol. The Morgan fingerprint density at radius 3 is 2.19 bits per heavy atom. The summed E-state index contributed by atoms with van der Waals surface area (Å²) in [6, 6.07) is 44.6. The van der Waals surface area contributed by atoms with Crippen LogP contribution in [0, 0.1) is 23.7 Å². The SMILES string of the molecule is C[Si]1(C)c2cc(-c3nc(-c4ccccc4)c4ccc5ccccc5c4n3)ccc2Oc2c1ccc1c2C2(c3ccccc3-1)C1CC3CC(C1)CC2C3. The van der Waals surface area contributed by atoms with Gasteiger partial charge in [-0.15, -0.1) is 0 Å². The second-order valence-corrected chi connectivity index (χ2v) is 21.3. The summed E-state index contributed by atoms with van der Waals surface area (Å²) in [7, 11) is -2.22. The van der Waals surface area contributed by atoms with Crippen LogP contribution >= 0.6 is 0 Å². The molecule has 13 rings (SSSR count). The minimum atomic E-state index is -2.22. The molecule has 7 aromatic rings. The third-order valence-corrected chi connectivity index (χ3v) is 17.6. The van der Waals surface area contributed by atoms with Crippen LogP contribution in [0.15, 0.2) is 121 Å². The van der Waals surface area contributed by atoms with Gasteiger partial charge in [-0.25, -0.2) is 9.97 Å². The van der Waals surface area contributed by atoms with Gasteiger partial charge in [0.25, 0.3) is 0 Å². The summed E-state index contributed by atoms with van der Waals surface area (Å²) in [5, 5.41) is 6.18. The molecule has 4 heteroatoms. The molecule has 0 unspecified atom stereocenters. The molecular formula is C48H40N2OSi. The Kier molecular flexibility index (Phi) is 5.84. The minimum Gasteiger partial charge on any atom is -0.457 e. The Labute approximate surface area is 305 Å². The summed E-state index contributed by atoms with van der Waals surface area (Å²) >= 11 is 0. The maximum Gasteiger partial charge on any atom is 0.160 e. The van der Waals surface area contributed by atoms with Crippen molar-refractivity contribution in [1.29, 1.82) is 0 Å². The molecule has 4 fully saturated rings. The minimum absolute atomic E-state index is 0.0716. The number of ether oxygens (including phenoxy) is 1. The van der Waals surface area contributed by atoms with Crippen molar-refractivity contribution >= 4 is 40.1 Å². The van der Waals surface area contributed by atoms with Gasteiger partial charge >= 0.3 is 0 Å². The van der Waals surface area contributed by atoms with Gasteiger partial charge in [-0.2, -0.15) is 0 Å². The van der Waals surface area contributed by atoms with Crippen molar-refractivity contribution in [3.8, 4) is 45.3 Å². The van der Waals surface area contributed by atoms with Gasteiger partial charge in [-0.3, -0.25) is 0 Å². The Bertz CT molecular complexity index is 2630. The van der Waals surface area contributed by atoms with Crippen molar-refractivity contribution in [3.63, 3.8) is 0 Å². The van der Waals surface area contributed by atoms with Crippen molar-refractivity contribution in [1.82, 2.24) is 9.97 Å². The molecule has 0 N–H and O–H groups in total. The van der Waals surface area contributed by atoms with E-state index in [2.05, 4.69) is 134 Å². The van der Waals surface area contributed by atoms with Gasteiger partial charge in [0.15, 0.2) is 5.82 Å². The third-order valence-electron chi connectivity index (χ3n) is 14.1. The van der Waals surface area contributed by atoms with Crippen LogP contribution in [0.4, 0.5) is 0 Å². The lowest BCUT2D eigenvalue weighted by Gasteiger charge is -2.61. The normalized spacial score (nSPS) is 25.5. The van der Waals surface area contributed by atoms with Gasteiger partial charge in [0.1, 0.15) is 19.6 Å². The molecule has 252 valence electrons. The molecule has 4 saturated carbocycles. The van der Waals surface area contributed by atoms with E-state index in [0.29, 0.717) is 11.8 Å². The summed E-state index contributed by atoms with van der Waals surface area (Å²) < 4.78 is 7.32. The Morgan fingerprint density at radius 2 is 1.37 bits per heavy atom. The van der Waals surface area contributed by atoms with Crippen molar-refractivity contribution in [2.24, 2.45) is 23.7 Å². The van der Waals surface area contributed by atoms with Gasteiger partial charge in [0.2, 0.25) is 0 Å². The second-order valence-electron chi connectivity index (χ2n) is 17.0. The van der Waals surface area contributed by atoms with Gasteiger partial charge in [-0.1, -0.05) is 110 Å². The number of fused-ring (bicyclic) bond motifs is 9. The van der Waals surface area contributed by atoms with E-state index >= 15 is 0 Å². The predicted octanol–water partition coefficient (Wildman–Crippen LogP) is 10.8. The summed E-state index contributed by atoms with van der Waals surface area (Å²) in [6.45, 7) is 5.05. The predicted molar refractivity (Wildman–Crippen MR) is 214 cm³/mol. The Morgan fingerprint density at radius 1 is 0.615 bits per heavy atom. The number of nitrogens with zero attached hydrogens (tertiary/aromatic N) is 2. The molecule has 1 spiro atoms. The van der Waals surface area contributed by atoms with Crippen molar-refractivity contribution in [3.05, 3.63) is 132 Å².